The van der Waals surface area contributed by atoms with Crippen LogP contribution in [0.3, 0.4) is 0 Å². The predicted octanol–water partition coefficient (Wildman–Crippen LogP) is 0.333. The molecule has 0 amide bonds. The van der Waals surface area contributed by atoms with Crippen LogP contribution in [0.25, 0.3) is 0 Å². The van der Waals surface area contributed by atoms with Crippen molar-refractivity contribution < 1.29 is 0 Å². The first kappa shape index (κ1) is 7.03. The van der Waals surface area contributed by atoms with Crippen LogP contribution >= 0.6 is 0 Å². The highest BCUT2D eigenvalue weighted by molar-refractivity contribution is 4.78. The maximum Gasteiger partial charge on any atom is 0.00821 e. The van der Waals surface area contributed by atoms with Crippen molar-refractivity contribution in [1.29, 1.82) is 0 Å². The summed E-state index contributed by atoms with van der Waals surface area (Å²) in [5.41, 5.74) is 5.47. The van der Waals surface area contributed by atoms with E-state index < -0.39 is 0 Å². The zero-order valence-corrected chi connectivity index (χ0v) is 6.06. The third-order valence-electron chi connectivity index (χ3n) is 2.02. The molecule has 2 heteroatoms. The normalized spacial score (nSPS) is 29.3. The standard InChI is InChI=1S/C7H16N2/c1-6(5-8)4-7-2-3-9-7/h6-7,9H,2-5,8H2,1H3. The van der Waals surface area contributed by atoms with Gasteiger partial charge in [0.25, 0.3) is 0 Å². The highest BCUT2D eigenvalue weighted by Crippen LogP contribution is 2.12. The van der Waals surface area contributed by atoms with Gasteiger partial charge in [0, 0.05) is 6.04 Å². The zero-order chi connectivity index (χ0) is 6.69. The van der Waals surface area contributed by atoms with Crippen LogP contribution in [0.1, 0.15) is 19.8 Å². The predicted molar refractivity (Wildman–Crippen MR) is 39.2 cm³/mol. The van der Waals surface area contributed by atoms with E-state index >= 15 is 0 Å². The molecule has 2 atom stereocenters. The van der Waals surface area contributed by atoms with Crippen molar-refractivity contribution in [2.45, 2.75) is 25.8 Å². The van der Waals surface area contributed by atoms with Crippen molar-refractivity contribution in [3.05, 3.63) is 0 Å². The Morgan fingerprint density at radius 1 is 1.78 bits per heavy atom. The van der Waals surface area contributed by atoms with Gasteiger partial charge in [-0.25, -0.2) is 0 Å². The highest BCUT2D eigenvalue weighted by atomic mass is 15.0. The van der Waals surface area contributed by atoms with E-state index in [1.807, 2.05) is 0 Å². The molecule has 1 rings (SSSR count). The third kappa shape index (κ3) is 1.95. The second-order valence-corrected chi connectivity index (χ2v) is 3.02. The van der Waals surface area contributed by atoms with Crippen LogP contribution in [0.15, 0.2) is 0 Å². The van der Waals surface area contributed by atoms with Crippen molar-refractivity contribution in [3.8, 4) is 0 Å². The zero-order valence-electron chi connectivity index (χ0n) is 6.06. The van der Waals surface area contributed by atoms with Crippen molar-refractivity contribution in [1.82, 2.24) is 5.32 Å². The second-order valence-electron chi connectivity index (χ2n) is 3.02. The van der Waals surface area contributed by atoms with Crippen molar-refractivity contribution in [2.24, 2.45) is 11.7 Å². The molecule has 1 aliphatic heterocycles. The summed E-state index contributed by atoms with van der Waals surface area (Å²) in [5, 5.41) is 3.36. The first-order valence-corrected chi connectivity index (χ1v) is 3.76. The van der Waals surface area contributed by atoms with Crippen LogP contribution in [0.2, 0.25) is 0 Å². The molecule has 0 aromatic carbocycles. The Morgan fingerprint density at radius 3 is 2.78 bits per heavy atom. The van der Waals surface area contributed by atoms with E-state index in [1.165, 1.54) is 19.4 Å². The molecule has 0 aliphatic carbocycles. The van der Waals surface area contributed by atoms with Gasteiger partial charge in [0.15, 0.2) is 0 Å². The first-order chi connectivity index (χ1) is 4.33. The molecule has 0 bridgehead atoms. The van der Waals surface area contributed by atoms with Gasteiger partial charge in [-0.1, -0.05) is 6.92 Å². The van der Waals surface area contributed by atoms with Gasteiger partial charge in [-0.3, -0.25) is 0 Å². The Balaban J connectivity index is 2.01. The Bertz CT molecular complexity index is 76.2. The molecule has 9 heavy (non-hydrogen) atoms. The van der Waals surface area contributed by atoms with E-state index in [2.05, 4.69) is 12.2 Å². The van der Waals surface area contributed by atoms with Gasteiger partial charge in [-0.15, -0.1) is 0 Å². The van der Waals surface area contributed by atoms with Gasteiger partial charge < -0.3 is 11.1 Å². The molecule has 0 aromatic heterocycles. The fraction of sp³-hybridized carbons (Fsp3) is 1.00. The van der Waals surface area contributed by atoms with Crippen LogP contribution < -0.4 is 11.1 Å². The van der Waals surface area contributed by atoms with Crippen LogP contribution in [0.4, 0.5) is 0 Å². The fourth-order valence-corrected chi connectivity index (χ4v) is 1.13. The lowest BCUT2D eigenvalue weighted by atomic mass is 9.95. The smallest absolute Gasteiger partial charge is 0.00821 e. The van der Waals surface area contributed by atoms with Gasteiger partial charge in [0.2, 0.25) is 0 Å². The summed E-state index contributed by atoms with van der Waals surface area (Å²) in [6.45, 7) is 4.25. The molecule has 0 spiro atoms. The fourth-order valence-electron chi connectivity index (χ4n) is 1.13. The second kappa shape index (κ2) is 3.18. The van der Waals surface area contributed by atoms with Crippen molar-refractivity contribution in [2.75, 3.05) is 13.1 Å². The molecule has 3 N–H and O–H groups in total. The van der Waals surface area contributed by atoms with E-state index in [4.69, 9.17) is 5.73 Å². The summed E-state index contributed by atoms with van der Waals surface area (Å²) < 4.78 is 0. The number of hydrogen-bond acceptors (Lipinski definition) is 2. The molecule has 1 saturated heterocycles. The minimum absolute atomic E-state index is 0.697. The van der Waals surface area contributed by atoms with Crippen LogP contribution in [0, 0.1) is 5.92 Å². The Labute approximate surface area is 56.8 Å². The molecule has 2 unspecified atom stereocenters. The number of nitrogens with one attached hydrogen (secondary N) is 1. The minimum atomic E-state index is 0.697. The van der Waals surface area contributed by atoms with Crippen LogP contribution in [-0.2, 0) is 0 Å². The minimum Gasteiger partial charge on any atom is -0.330 e. The number of nitrogens with two attached hydrogens (primary N) is 1. The van der Waals surface area contributed by atoms with E-state index in [-0.39, 0.29) is 0 Å². The quantitative estimate of drug-likeness (QED) is 0.575. The largest absolute Gasteiger partial charge is 0.330 e. The number of hydrogen-bond donors (Lipinski definition) is 2. The van der Waals surface area contributed by atoms with Gasteiger partial charge in [0.05, 0.1) is 0 Å². The molecular formula is C7H16N2. The average Bonchev–Trinajstić information content (AvgIpc) is 1.78. The summed E-state index contributed by atoms with van der Waals surface area (Å²) in [7, 11) is 0. The summed E-state index contributed by atoms with van der Waals surface area (Å²) in [4.78, 5) is 0. The Hall–Kier alpha value is -0.0800. The summed E-state index contributed by atoms with van der Waals surface area (Å²) >= 11 is 0. The Morgan fingerprint density at radius 2 is 2.44 bits per heavy atom. The van der Waals surface area contributed by atoms with E-state index in [0.29, 0.717) is 5.92 Å². The molecule has 0 saturated carbocycles. The summed E-state index contributed by atoms with van der Waals surface area (Å²) in [5.74, 6) is 0.697. The van der Waals surface area contributed by atoms with E-state index in [0.717, 1.165) is 12.6 Å². The van der Waals surface area contributed by atoms with Crippen molar-refractivity contribution in [3.63, 3.8) is 0 Å². The van der Waals surface area contributed by atoms with Crippen molar-refractivity contribution >= 4 is 0 Å². The van der Waals surface area contributed by atoms with E-state index in [1.54, 1.807) is 0 Å². The van der Waals surface area contributed by atoms with Gasteiger partial charge >= 0.3 is 0 Å². The highest BCUT2D eigenvalue weighted by Gasteiger charge is 2.17. The molecule has 2 nitrogen and oxygen atoms in total. The molecule has 1 heterocycles. The third-order valence-corrected chi connectivity index (χ3v) is 2.02. The molecule has 54 valence electrons. The molecule has 0 aromatic rings. The molecular weight excluding hydrogens is 112 g/mol. The molecule has 1 aliphatic rings. The average molecular weight is 128 g/mol. The summed E-state index contributed by atoms with van der Waals surface area (Å²) in [6.07, 6.45) is 2.61. The lowest BCUT2D eigenvalue weighted by Gasteiger charge is -2.29. The first-order valence-electron chi connectivity index (χ1n) is 3.76. The maximum atomic E-state index is 5.47. The van der Waals surface area contributed by atoms with Gasteiger partial charge in [0.1, 0.15) is 0 Å². The monoisotopic (exact) mass is 128 g/mol. The topological polar surface area (TPSA) is 38.0 Å². The van der Waals surface area contributed by atoms with Crippen LogP contribution in [0.5, 0.6) is 0 Å². The Kier molecular flexibility index (Phi) is 2.49. The number of rotatable bonds is 3. The van der Waals surface area contributed by atoms with E-state index in [9.17, 15) is 0 Å². The SMILES string of the molecule is CC(CN)CC1CCN1. The summed E-state index contributed by atoms with van der Waals surface area (Å²) in [6, 6.07) is 0.781. The lowest BCUT2D eigenvalue weighted by molar-refractivity contribution is 0.309. The lowest BCUT2D eigenvalue weighted by Crippen LogP contribution is -2.44. The van der Waals surface area contributed by atoms with Gasteiger partial charge in [-0.2, -0.15) is 0 Å². The maximum absolute atomic E-state index is 5.47. The molecule has 1 fully saturated rings. The molecule has 0 radical (unpaired) electrons. The van der Waals surface area contributed by atoms with Crippen LogP contribution in [-0.4, -0.2) is 19.1 Å². The van der Waals surface area contributed by atoms with Gasteiger partial charge in [-0.05, 0) is 31.8 Å².